The van der Waals surface area contributed by atoms with E-state index in [-0.39, 0.29) is 6.10 Å². The SMILES string of the molecule is C[N+]1(C)CCC[C@H](OC(=O)C(O)(c2ccccc2)c2ccccc2)C1. The molecule has 0 radical (unpaired) electrons. The van der Waals surface area contributed by atoms with Crippen LogP contribution < -0.4 is 0 Å². The predicted octanol–water partition coefficient (Wildman–Crippen LogP) is 2.70. The molecule has 3 rings (SSSR count). The zero-order valence-electron chi connectivity index (χ0n) is 14.9. The highest BCUT2D eigenvalue weighted by atomic mass is 16.6. The molecule has 0 spiro atoms. The molecule has 0 unspecified atom stereocenters. The predicted molar refractivity (Wildman–Crippen MR) is 96.8 cm³/mol. The quantitative estimate of drug-likeness (QED) is 0.688. The Morgan fingerprint density at radius 2 is 1.56 bits per heavy atom. The number of piperidine rings is 1. The summed E-state index contributed by atoms with van der Waals surface area (Å²) in [4.78, 5) is 13.1. The standard InChI is InChI=1S/C21H26NO3/c1-22(2)15-9-14-19(16-22)25-20(23)21(24,17-10-5-3-6-11-17)18-12-7-4-8-13-18/h3-8,10-13,19,24H,9,14-16H2,1-2H3/q+1/t19-/m0/s1. The average Bonchev–Trinajstić information content (AvgIpc) is 2.61. The van der Waals surface area contributed by atoms with Gasteiger partial charge < -0.3 is 14.3 Å². The van der Waals surface area contributed by atoms with Crippen LogP contribution in [0.15, 0.2) is 60.7 Å². The van der Waals surface area contributed by atoms with Gasteiger partial charge in [-0.25, -0.2) is 4.79 Å². The summed E-state index contributed by atoms with van der Waals surface area (Å²) in [6.07, 6.45) is 1.68. The van der Waals surface area contributed by atoms with E-state index in [4.69, 9.17) is 4.74 Å². The summed E-state index contributed by atoms with van der Waals surface area (Å²) >= 11 is 0. The highest BCUT2D eigenvalue weighted by Crippen LogP contribution is 2.32. The van der Waals surface area contributed by atoms with E-state index in [1.165, 1.54) is 0 Å². The van der Waals surface area contributed by atoms with Gasteiger partial charge in [0, 0.05) is 6.42 Å². The van der Waals surface area contributed by atoms with E-state index in [9.17, 15) is 9.90 Å². The van der Waals surface area contributed by atoms with Crippen LogP contribution >= 0.6 is 0 Å². The normalized spacial score (nSPS) is 20.0. The molecule has 25 heavy (non-hydrogen) atoms. The van der Waals surface area contributed by atoms with Gasteiger partial charge in [-0.2, -0.15) is 0 Å². The Bertz CT molecular complexity index is 673. The molecule has 1 fully saturated rings. The van der Waals surface area contributed by atoms with E-state index < -0.39 is 11.6 Å². The number of esters is 1. The summed E-state index contributed by atoms with van der Waals surface area (Å²) in [5.74, 6) is -0.600. The van der Waals surface area contributed by atoms with Crippen molar-refractivity contribution in [2.45, 2.75) is 24.5 Å². The minimum absolute atomic E-state index is 0.171. The van der Waals surface area contributed by atoms with E-state index >= 15 is 0 Å². The van der Waals surface area contributed by atoms with Crippen molar-refractivity contribution in [1.29, 1.82) is 0 Å². The third kappa shape index (κ3) is 3.75. The number of carbonyl (C=O) groups is 1. The highest BCUT2D eigenvalue weighted by Gasteiger charge is 2.43. The molecule has 4 heteroatoms. The van der Waals surface area contributed by atoms with Gasteiger partial charge in [-0.3, -0.25) is 0 Å². The summed E-state index contributed by atoms with van der Waals surface area (Å²) in [5, 5.41) is 11.4. The molecule has 4 nitrogen and oxygen atoms in total. The molecular formula is C21H26NO3+. The second-order valence-corrected chi connectivity index (χ2v) is 7.45. The molecule has 1 aliphatic heterocycles. The van der Waals surface area contributed by atoms with Gasteiger partial charge in [-0.1, -0.05) is 60.7 Å². The van der Waals surface area contributed by atoms with E-state index in [2.05, 4.69) is 14.1 Å². The molecule has 2 aromatic carbocycles. The first-order chi connectivity index (χ1) is 11.9. The number of hydrogen-bond donors (Lipinski definition) is 1. The van der Waals surface area contributed by atoms with E-state index in [1.807, 2.05) is 36.4 Å². The molecule has 0 aliphatic carbocycles. The van der Waals surface area contributed by atoms with Crippen molar-refractivity contribution in [3.63, 3.8) is 0 Å². The Hall–Kier alpha value is -2.17. The van der Waals surface area contributed by atoms with Crippen LogP contribution in [-0.4, -0.2) is 48.8 Å². The maximum Gasteiger partial charge on any atom is 0.348 e. The second-order valence-electron chi connectivity index (χ2n) is 7.45. The van der Waals surface area contributed by atoms with Crippen molar-refractivity contribution in [1.82, 2.24) is 0 Å². The molecule has 1 N–H and O–H groups in total. The minimum Gasteiger partial charge on any atom is -0.454 e. The first-order valence-corrected chi connectivity index (χ1v) is 8.78. The molecule has 1 atom stereocenters. The fourth-order valence-electron chi connectivity index (χ4n) is 3.57. The van der Waals surface area contributed by atoms with Gasteiger partial charge in [0.05, 0.1) is 20.6 Å². The fraction of sp³-hybridized carbons (Fsp3) is 0.381. The Morgan fingerprint density at radius 1 is 1.04 bits per heavy atom. The van der Waals surface area contributed by atoms with E-state index in [1.54, 1.807) is 24.3 Å². The smallest absolute Gasteiger partial charge is 0.348 e. The van der Waals surface area contributed by atoms with Gasteiger partial charge in [0.1, 0.15) is 6.54 Å². The van der Waals surface area contributed by atoms with Gasteiger partial charge in [-0.15, -0.1) is 0 Å². The maximum absolute atomic E-state index is 13.1. The maximum atomic E-state index is 13.1. The first kappa shape index (κ1) is 17.6. The lowest BCUT2D eigenvalue weighted by molar-refractivity contribution is -0.898. The zero-order chi connectivity index (χ0) is 17.9. The summed E-state index contributed by atoms with van der Waals surface area (Å²) in [6.45, 7) is 1.85. The summed E-state index contributed by atoms with van der Waals surface area (Å²) in [7, 11) is 4.28. The minimum atomic E-state index is -1.79. The molecule has 1 saturated heterocycles. The highest BCUT2D eigenvalue weighted by molar-refractivity contribution is 5.85. The van der Waals surface area contributed by atoms with Crippen LogP contribution in [0.5, 0.6) is 0 Å². The number of rotatable bonds is 4. The van der Waals surface area contributed by atoms with Crippen molar-refractivity contribution < 1.29 is 19.1 Å². The monoisotopic (exact) mass is 340 g/mol. The van der Waals surface area contributed by atoms with Crippen molar-refractivity contribution in [3.05, 3.63) is 71.8 Å². The molecule has 0 aromatic heterocycles. The number of quaternary nitrogens is 1. The van der Waals surface area contributed by atoms with Crippen LogP contribution in [0.3, 0.4) is 0 Å². The average molecular weight is 340 g/mol. The summed E-state index contributed by atoms with van der Waals surface area (Å²) in [6, 6.07) is 18.0. The number of nitrogens with zero attached hydrogens (tertiary/aromatic N) is 1. The van der Waals surface area contributed by atoms with Gasteiger partial charge in [0.15, 0.2) is 6.10 Å². The summed E-state index contributed by atoms with van der Waals surface area (Å²) < 4.78 is 6.62. The van der Waals surface area contributed by atoms with E-state index in [0.29, 0.717) is 11.1 Å². The van der Waals surface area contributed by atoms with Gasteiger partial charge in [-0.05, 0) is 17.5 Å². The topological polar surface area (TPSA) is 46.5 Å². The lowest BCUT2D eigenvalue weighted by atomic mass is 9.86. The lowest BCUT2D eigenvalue weighted by Crippen LogP contribution is -2.52. The number of ether oxygens (including phenoxy) is 1. The Labute approximate surface area is 149 Å². The molecule has 1 heterocycles. The molecule has 0 amide bonds. The lowest BCUT2D eigenvalue weighted by Gasteiger charge is -2.38. The van der Waals surface area contributed by atoms with Crippen LogP contribution in [0.4, 0.5) is 0 Å². The third-order valence-electron chi connectivity index (χ3n) is 4.94. The van der Waals surface area contributed by atoms with Gasteiger partial charge in [0.25, 0.3) is 0 Å². The Balaban J connectivity index is 1.91. The molecule has 2 aromatic rings. The third-order valence-corrected chi connectivity index (χ3v) is 4.94. The number of likely N-dealkylation sites (tertiary alicyclic amines) is 1. The first-order valence-electron chi connectivity index (χ1n) is 8.78. The number of benzene rings is 2. The van der Waals surface area contributed by atoms with E-state index in [0.717, 1.165) is 30.4 Å². The number of likely N-dealkylation sites (N-methyl/N-ethyl adjacent to an activating group) is 1. The van der Waals surface area contributed by atoms with Crippen LogP contribution in [-0.2, 0) is 15.1 Å². The van der Waals surface area contributed by atoms with Gasteiger partial charge >= 0.3 is 5.97 Å². The van der Waals surface area contributed by atoms with Crippen molar-refractivity contribution in [2.75, 3.05) is 27.2 Å². The van der Waals surface area contributed by atoms with Crippen LogP contribution in [0.1, 0.15) is 24.0 Å². The number of hydrogen-bond acceptors (Lipinski definition) is 3. The molecule has 0 bridgehead atoms. The fourth-order valence-corrected chi connectivity index (χ4v) is 3.57. The van der Waals surface area contributed by atoms with Crippen LogP contribution in [0.25, 0.3) is 0 Å². The molecule has 0 saturated carbocycles. The van der Waals surface area contributed by atoms with Crippen LogP contribution in [0, 0.1) is 0 Å². The molecule has 1 aliphatic rings. The largest absolute Gasteiger partial charge is 0.454 e. The molecule has 132 valence electrons. The Kier molecular flexibility index (Phi) is 4.93. The number of carbonyl (C=O) groups excluding carboxylic acids is 1. The van der Waals surface area contributed by atoms with Crippen molar-refractivity contribution >= 4 is 5.97 Å². The second kappa shape index (κ2) is 6.98. The van der Waals surface area contributed by atoms with Gasteiger partial charge in [0.2, 0.25) is 5.60 Å². The van der Waals surface area contributed by atoms with Crippen molar-refractivity contribution in [3.8, 4) is 0 Å². The van der Waals surface area contributed by atoms with Crippen molar-refractivity contribution in [2.24, 2.45) is 0 Å². The summed E-state index contributed by atoms with van der Waals surface area (Å²) in [5.41, 5.74) is -0.747. The molecular weight excluding hydrogens is 314 g/mol. The zero-order valence-corrected chi connectivity index (χ0v) is 14.9. The number of aliphatic hydroxyl groups is 1. The van der Waals surface area contributed by atoms with Crippen LogP contribution in [0.2, 0.25) is 0 Å². The Morgan fingerprint density at radius 3 is 2.04 bits per heavy atom.